The van der Waals surface area contributed by atoms with Crippen molar-refractivity contribution in [1.29, 1.82) is 0 Å². The molecule has 0 atom stereocenters. The molecule has 0 aliphatic heterocycles. The zero-order valence-corrected chi connectivity index (χ0v) is 12.2. The Bertz CT molecular complexity index is 550. The minimum Gasteiger partial charge on any atom is -0.381 e. The summed E-state index contributed by atoms with van der Waals surface area (Å²) in [5, 5.41) is 7.92. The van der Waals surface area contributed by atoms with Gasteiger partial charge in [0.25, 0.3) is 0 Å². The number of hydrogen-bond acceptors (Lipinski definition) is 3. The highest BCUT2D eigenvalue weighted by atomic mass is 15.3. The number of nitrogens with one attached hydrogen (secondary N) is 1. The van der Waals surface area contributed by atoms with Crippen molar-refractivity contribution >= 4 is 5.69 Å². The number of nitrogens with zero attached hydrogens (tertiary/aromatic N) is 3. The molecule has 0 spiro atoms. The van der Waals surface area contributed by atoms with Crippen LogP contribution in [-0.4, -0.2) is 20.8 Å². The molecule has 4 heteroatoms. The lowest BCUT2D eigenvalue weighted by Gasteiger charge is -2.35. The smallest absolute Gasteiger partial charge is 0.138 e. The van der Waals surface area contributed by atoms with Gasteiger partial charge >= 0.3 is 0 Å². The predicted octanol–water partition coefficient (Wildman–Crippen LogP) is 3.65. The van der Waals surface area contributed by atoms with E-state index in [9.17, 15) is 0 Å². The van der Waals surface area contributed by atoms with Crippen molar-refractivity contribution in [1.82, 2.24) is 14.8 Å². The Morgan fingerprint density at radius 2 is 1.95 bits per heavy atom. The van der Waals surface area contributed by atoms with Gasteiger partial charge in [-0.15, -0.1) is 0 Å². The van der Waals surface area contributed by atoms with Gasteiger partial charge in [-0.2, -0.15) is 5.10 Å². The molecule has 1 aliphatic rings. The number of para-hydroxylation sites is 2. The topological polar surface area (TPSA) is 42.7 Å². The first kappa shape index (κ1) is 13.2. The van der Waals surface area contributed by atoms with Crippen LogP contribution in [0.3, 0.4) is 0 Å². The van der Waals surface area contributed by atoms with Gasteiger partial charge in [0, 0.05) is 6.04 Å². The predicted molar refractivity (Wildman–Crippen MR) is 81.0 cm³/mol. The average Bonchev–Trinajstić information content (AvgIpc) is 2.96. The minimum atomic E-state index is 0.504. The van der Waals surface area contributed by atoms with E-state index in [-0.39, 0.29) is 0 Å². The van der Waals surface area contributed by atoms with E-state index in [0.717, 1.165) is 11.4 Å². The van der Waals surface area contributed by atoms with Crippen molar-refractivity contribution in [3.05, 3.63) is 36.9 Å². The normalized spacial score (nSPS) is 18.9. The maximum absolute atomic E-state index is 4.23. The van der Waals surface area contributed by atoms with Crippen molar-refractivity contribution < 1.29 is 0 Å². The average molecular weight is 270 g/mol. The van der Waals surface area contributed by atoms with Crippen LogP contribution in [0.4, 0.5) is 5.69 Å². The number of hydrogen-bond donors (Lipinski definition) is 1. The molecule has 1 heterocycles. The Balaban J connectivity index is 1.75. The summed E-state index contributed by atoms with van der Waals surface area (Å²) in [6.45, 7) is 4.74. The van der Waals surface area contributed by atoms with Gasteiger partial charge in [-0.1, -0.05) is 26.0 Å². The minimum absolute atomic E-state index is 0.504. The molecular weight excluding hydrogens is 248 g/mol. The van der Waals surface area contributed by atoms with Gasteiger partial charge in [-0.05, 0) is 43.2 Å². The molecule has 1 aromatic heterocycles. The van der Waals surface area contributed by atoms with Crippen LogP contribution in [0, 0.1) is 5.41 Å². The number of anilines is 1. The van der Waals surface area contributed by atoms with Crippen LogP contribution in [0.25, 0.3) is 5.69 Å². The molecule has 20 heavy (non-hydrogen) atoms. The Morgan fingerprint density at radius 3 is 2.65 bits per heavy atom. The Morgan fingerprint density at radius 1 is 1.20 bits per heavy atom. The van der Waals surface area contributed by atoms with Crippen molar-refractivity contribution in [3.63, 3.8) is 0 Å². The zero-order valence-electron chi connectivity index (χ0n) is 12.2. The van der Waals surface area contributed by atoms with Crippen molar-refractivity contribution in [2.75, 3.05) is 5.32 Å². The Labute approximate surface area is 120 Å². The van der Waals surface area contributed by atoms with Crippen LogP contribution in [0.5, 0.6) is 0 Å². The van der Waals surface area contributed by atoms with E-state index < -0.39 is 0 Å². The van der Waals surface area contributed by atoms with E-state index >= 15 is 0 Å². The lowest BCUT2D eigenvalue weighted by Crippen LogP contribution is -2.30. The van der Waals surface area contributed by atoms with E-state index in [2.05, 4.69) is 47.4 Å². The summed E-state index contributed by atoms with van der Waals surface area (Å²) in [6.07, 6.45) is 8.36. The van der Waals surface area contributed by atoms with E-state index in [4.69, 9.17) is 0 Å². The molecule has 0 bridgehead atoms. The zero-order chi connectivity index (χ0) is 14.0. The molecule has 0 saturated heterocycles. The second-order valence-corrected chi connectivity index (χ2v) is 6.44. The van der Waals surface area contributed by atoms with Crippen LogP contribution in [0.1, 0.15) is 39.5 Å². The van der Waals surface area contributed by atoms with Gasteiger partial charge in [-0.25, -0.2) is 9.67 Å². The quantitative estimate of drug-likeness (QED) is 0.925. The van der Waals surface area contributed by atoms with Gasteiger partial charge in [0.15, 0.2) is 0 Å². The molecular formula is C16H22N4. The van der Waals surface area contributed by atoms with Gasteiger partial charge in [-0.3, -0.25) is 0 Å². The summed E-state index contributed by atoms with van der Waals surface area (Å²) in [6, 6.07) is 8.86. The molecule has 1 aromatic carbocycles. The van der Waals surface area contributed by atoms with Crippen molar-refractivity contribution in [2.24, 2.45) is 5.41 Å². The molecule has 4 nitrogen and oxygen atoms in total. The van der Waals surface area contributed by atoms with Gasteiger partial charge in [0.2, 0.25) is 0 Å². The Kier molecular flexibility index (Phi) is 3.47. The summed E-state index contributed by atoms with van der Waals surface area (Å²) in [5.74, 6) is 0. The van der Waals surface area contributed by atoms with Crippen LogP contribution in [0.15, 0.2) is 36.9 Å². The van der Waals surface area contributed by atoms with Crippen LogP contribution >= 0.6 is 0 Å². The van der Waals surface area contributed by atoms with E-state index in [1.165, 1.54) is 25.7 Å². The van der Waals surface area contributed by atoms with Gasteiger partial charge in [0.05, 0.1) is 11.4 Å². The summed E-state index contributed by atoms with van der Waals surface area (Å²) < 4.78 is 1.81. The fourth-order valence-electron chi connectivity index (χ4n) is 2.89. The SMILES string of the molecule is CC1(C)CCC(Nc2ccccc2-n2cncn2)CC1. The molecule has 0 unspecified atom stereocenters. The monoisotopic (exact) mass is 270 g/mol. The molecule has 1 N–H and O–H groups in total. The molecule has 2 aromatic rings. The van der Waals surface area contributed by atoms with Crippen molar-refractivity contribution in [3.8, 4) is 5.69 Å². The second-order valence-electron chi connectivity index (χ2n) is 6.44. The fourth-order valence-corrected chi connectivity index (χ4v) is 2.89. The summed E-state index contributed by atoms with van der Waals surface area (Å²) in [5.41, 5.74) is 2.71. The van der Waals surface area contributed by atoms with Gasteiger partial charge < -0.3 is 5.32 Å². The van der Waals surface area contributed by atoms with Gasteiger partial charge in [0.1, 0.15) is 12.7 Å². The maximum Gasteiger partial charge on any atom is 0.138 e. The Hall–Kier alpha value is -1.84. The highest BCUT2D eigenvalue weighted by molar-refractivity contribution is 5.60. The summed E-state index contributed by atoms with van der Waals surface area (Å²) in [7, 11) is 0. The van der Waals surface area contributed by atoms with E-state index in [1.807, 2.05) is 10.7 Å². The van der Waals surface area contributed by atoms with E-state index in [0.29, 0.717) is 11.5 Å². The first-order valence-electron chi connectivity index (χ1n) is 7.35. The third-order valence-corrected chi connectivity index (χ3v) is 4.27. The fraction of sp³-hybridized carbons (Fsp3) is 0.500. The highest BCUT2D eigenvalue weighted by Crippen LogP contribution is 2.36. The summed E-state index contributed by atoms with van der Waals surface area (Å²) >= 11 is 0. The molecule has 1 aliphatic carbocycles. The lowest BCUT2D eigenvalue weighted by molar-refractivity contribution is 0.232. The standard InChI is InChI=1S/C16H22N4/c1-16(2)9-7-13(8-10-16)19-14-5-3-4-6-15(14)20-12-17-11-18-20/h3-6,11-13,19H,7-10H2,1-2H3. The first-order chi connectivity index (χ1) is 9.64. The number of benzene rings is 1. The third-order valence-electron chi connectivity index (χ3n) is 4.27. The maximum atomic E-state index is 4.23. The third kappa shape index (κ3) is 2.84. The van der Waals surface area contributed by atoms with Crippen LogP contribution in [0.2, 0.25) is 0 Å². The number of rotatable bonds is 3. The first-order valence-corrected chi connectivity index (χ1v) is 7.35. The lowest BCUT2D eigenvalue weighted by atomic mass is 9.75. The molecule has 1 fully saturated rings. The van der Waals surface area contributed by atoms with Crippen LogP contribution in [-0.2, 0) is 0 Å². The molecule has 3 rings (SSSR count). The molecule has 0 amide bonds. The second kappa shape index (κ2) is 5.27. The summed E-state index contributed by atoms with van der Waals surface area (Å²) in [4.78, 5) is 4.03. The van der Waals surface area contributed by atoms with Crippen molar-refractivity contribution in [2.45, 2.75) is 45.6 Å². The van der Waals surface area contributed by atoms with E-state index in [1.54, 1.807) is 12.7 Å². The molecule has 106 valence electrons. The molecule has 1 saturated carbocycles. The number of aromatic nitrogens is 3. The highest BCUT2D eigenvalue weighted by Gasteiger charge is 2.26. The van der Waals surface area contributed by atoms with Crippen LogP contribution < -0.4 is 5.32 Å². The largest absolute Gasteiger partial charge is 0.381 e. The molecule has 0 radical (unpaired) electrons.